The second kappa shape index (κ2) is 12.2. The van der Waals surface area contributed by atoms with Crippen molar-refractivity contribution in [1.29, 1.82) is 0 Å². The molecule has 4 aromatic carbocycles. The Hall–Kier alpha value is -3.94. The number of halogens is 2. The quantitative estimate of drug-likeness (QED) is 0.112. The van der Waals surface area contributed by atoms with Gasteiger partial charge in [0.25, 0.3) is 5.91 Å². The van der Waals surface area contributed by atoms with Gasteiger partial charge in [-0.25, -0.2) is 10.2 Å². The maximum Gasteiger partial charge on any atom is 0.343 e. The van der Waals surface area contributed by atoms with E-state index in [1.54, 1.807) is 66.7 Å². The van der Waals surface area contributed by atoms with Gasteiger partial charge in [-0.15, -0.1) is 0 Å². The predicted molar refractivity (Wildman–Crippen MR) is 143 cm³/mol. The first-order valence-corrected chi connectivity index (χ1v) is 12.0. The largest absolute Gasteiger partial charge is 0.489 e. The number of hydrogen-bond donors (Lipinski definition) is 1. The zero-order valence-corrected chi connectivity index (χ0v) is 21.2. The van der Waals surface area contributed by atoms with Gasteiger partial charge in [-0.05, 0) is 72.3 Å². The second-order valence-corrected chi connectivity index (χ2v) is 8.93. The maximum atomic E-state index is 12.5. The summed E-state index contributed by atoms with van der Waals surface area (Å²) in [5, 5.41) is 4.55. The number of benzene rings is 4. The molecule has 180 valence electrons. The Labute approximate surface area is 221 Å². The molecule has 0 unspecified atom stereocenters. The summed E-state index contributed by atoms with van der Waals surface area (Å²) in [4.78, 5) is 25.0. The number of rotatable bonds is 8. The number of ether oxygens (including phenoxy) is 2. The van der Waals surface area contributed by atoms with Crippen molar-refractivity contribution in [2.75, 3.05) is 0 Å². The van der Waals surface area contributed by atoms with E-state index in [9.17, 15) is 9.59 Å². The average molecular weight is 564 g/mol. The molecule has 0 aliphatic rings. The van der Waals surface area contributed by atoms with Crippen LogP contribution in [0.2, 0.25) is 5.02 Å². The zero-order valence-electron chi connectivity index (χ0n) is 18.9. The van der Waals surface area contributed by atoms with Gasteiger partial charge in [-0.3, -0.25) is 4.79 Å². The van der Waals surface area contributed by atoms with E-state index in [1.165, 1.54) is 6.21 Å². The molecule has 0 saturated heterocycles. The van der Waals surface area contributed by atoms with Crippen LogP contribution in [0.5, 0.6) is 11.5 Å². The average Bonchev–Trinajstić information content (AvgIpc) is 2.90. The summed E-state index contributed by atoms with van der Waals surface area (Å²) < 4.78 is 12.0. The van der Waals surface area contributed by atoms with Crippen molar-refractivity contribution in [1.82, 2.24) is 5.43 Å². The number of hydrazone groups is 1. The van der Waals surface area contributed by atoms with Crippen LogP contribution in [0, 0.1) is 0 Å². The van der Waals surface area contributed by atoms with Crippen LogP contribution in [0.4, 0.5) is 0 Å². The van der Waals surface area contributed by atoms with Crippen LogP contribution in [-0.2, 0) is 6.61 Å². The van der Waals surface area contributed by atoms with Gasteiger partial charge >= 0.3 is 5.97 Å². The van der Waals surface area contributed by atoms with Crippen LogP contribution in [0.3, 0.4) is 0 Å². The van der Waals surface area contributed by atoms with E-state index in [0.29, 0.717) is 34.1 Å². The van der Waals surface area contributed by atoms with Crippen LogP contribution in [0.15, 0.2) is 107 Å². The minimum absolute atomic E-state index is 0.288. The van der Waals surface area contributed by atoms with E-state index >= 15 is 0 Å². The van der Waals surface area contributed by atoms with E-state index in [1.807, 2.05) is 30.3 Å². The minimum Gasteiger partial charge on any atom is -0.489 e. The molecule has 0 aliphatic carbocycles. The number of carbonyl (C=O) groups excluding carboxylic acids is 2. The summed E-state index contributed by atoms with van der Waals surface area (Å²) in [6.45, 7) is 0.439. The lowest BCUT2D eigenvalue weighted by molar-refractivity contribution is 0.0734. The van der Waals surface area contributed by atoms with Crippen LogP contribution in [-0.4, -0.2) is 18.1 Å². The molecule has 0 spiro atoms. The standard InChI is InChI=1S/C28H20BrClN2O4/c29-23-10-15-26(36-28(34)21-6-11-24(30)12-7-21)22(16-23)17-31-32-27(33)20-8-13-25(14-9-20)35-18-19-4-2-1-3-5-19/h1-17H,18H2,(H,32,33)/b31-17+. The molecule has 36 heavy (non-hydrogen) atoms. The number of nitrogens with one attached hydrogen (secondary N) is 1. The third-order valence-electron chi connectivity index (χ3n) is 4.99. The lowest BCUT2D eigenvalue weighted by Gasteiger charge is -2.08. The Balaban J connectivity index is 1.37. The van der Waals surface area contributed by atoms with E-state index < -0.39 is 11.9 Å². The first kappa shape index (κ1) is 25.2. The van der Waals surface area contributed by atoms with Gasteiger partial charge in [0.05, 0.1) is 11.8 Å². The number of carbonyl (C=O) groups is 2. The molecule has 8 heteroatoms. The topological polar surface area (TPSA) is 77.0 Å². The van der Waals surface area contributed by atoms with Crippen LogP contribution >= 0.6 is 27.5 Å². The number of esters is 1. The number of amides is 1. The lowest BCUT2D eigenvalue weighted by Crippen LogP contribution is -2.17. The fraction of sp³-hybridized carbons (Fsp3) is 0.0357. The third kappa shape index (κ3) is 7.04. The molecule has 1 amide bonds. The molecule has 4 rings (SSSR count). The van der Waals surface area contributed by atoms with Gasteiger partial charge in [-0.1, -0.05) is 57.9 Å². The van der Waals surface area contributed by atoms with Crippen molar-refractivity contribution in [2.24, 2.45) is 5.10 Å². The Morgan fingerprint density at radius 3 is 2.31 bits per heavy atom. The van der Waals surface area contributed by atoms with Crippen molar-refractivity contribution in [3.8, 4) is 11.5 Å². The normalized spacial score (nSPS) is 10.7. The Morgan fingerprint density at radius 1 is 0.889 bits per heavy atom. The van der Waals surface area contributed by atoms with E-state index in [2.05, 4.69) is 26.5 Å². The molecular formula is C28H20BrClN2O4. The molecular weight excluding hydrogens is 544 g/mol. The molecule has 0 aromatic heterocycles. The van der Waals surface area contributed by atoms with Gasteiger partial charge in [0, 0.05) is 20.6 Å². The Kier molecular flexibility index (Phi) is 8.49. The van der Waals surface area contributed by atoms with Gasteiger partial charge in [0.1, 0.15) is 18.1 Å². The summed E-state index contributed by atoms with van der Waals surface area (Å²) in [5.41, 5.74) is 4.81. The molecule has 0 radical (unpaired) electrons. The Bertz CT molecular complexity index is 1380. The molecule has 0 heterocycles. The second-order valence-electron chi connectivity index (χ2n) is 7.58. The fourth-order valence-electron chi connectivity index (χ4n) is 3.13. The molecule has 0 aliphatic heterocycles. The van der Waals surface area contributed by atoms with Crippen LogP contribution in [0.25, 0.3) is 0 Å². The summed E-state index contributed by atoms with van der Waals surface area (Å²) in [5.74, 6) is 0.00839. The van der Waals surface area contributed by atoms with Crippen molar-refractivity contribution in [3.63, 3.8) is 0 Å². The van der Waals surface area contributed by atoms with Crippen LogP contribution in [0.1, 0.15) is 31.8 Å². The fourth-order valence-corrected chi connectivity index (χ4v) is 3.63. The zero-order chi connectivity index (χ0) is 25.3. The van der Waals surface area contributed by atoms with Crippen molar-refractivity contribution in [3.05, 3.63) is 129 Å². The van der Waals surface area contributed by atoms with Gasteiger partial charge < -0.3 is 9.47 Å². The predicted octanol–water partition coefficient (Wildman–Crippen LogP) is 6.66. The molecule has 0 saturated carbocycles. The summed E-state index contributed by atoms with van der Waals surface area (Å²) in [6, 6.07) is 28.1. The molecule has 1 N–H and O–H groups in total. The minimum atomic E-state index is -0.540. The molecule has 0 bridgehead atoms. The third-order valence-corrected chi connectivity index (χ3v) is 5.73. The van der Waals surface area contributed by atoms with Crippen molar-refractivity contribution in [2.45, 2.75) is 6.61 Å². The van der Waals surface area contributed by atoms with Crippen molar-refractivity contribution < 1.29 is 19.1 Å². The van der Waals surface area contributed by atoms with E-state index in [4.69, 9.17) is 21.1 Å². The van der Waals surface area contributed by atoms with Gasteiger partial charge in [0.2, 0.25) is 0 Å². The highest BCUT2D eigenvalue weighted by atomic mass is 79.9. The van der Waals surface area contributed by atoms with Crippen molar-refractivity contribution >= 4 is 45.6 Å². The van der Waals surface area contributed by atoms with Crippen LogP contribution < -0.4 is 14.9 Å². The van der Waals surface area contributed by atoms with E-state index in [0.717, 1.165) is 10.0 Å². The highest BCUT2D eigenvalue weighted by molar-refractivity contribution is 9.10. The highest BCUT2D eigenvalue weighted by Crippen LogP contribution is 2.23. The van der Waals surface area contributed by atoms with Gasteiger partial charge in [-0.2, -0.15) is 5.10 Å². The summed E-state index contributed by atoms with van der Waals surface area (Å²) in [6.07, 6.45) is 1.41. The number of hydrogen-bond acceptors (Lipinski definition) is 5. The molecule has 0 fully saturated rings. The maximum absolute atomic E-state index is 12.5. The SMILES string of the molecule is O=C(N/N=C/c1cc(Br)ccc1OC(=O)c1ccc(Cl)cc1)c1ccc(OCc2ccccc2)cc1. The first-order valence-electron chi connectivity index (χ1n) is 10.9. The summed E-state index contributed by atoms with van der Waals surface area (Å²) >= 11 is 9.27. The van der Waals surface area contributed by atoms with Gasteiger partial charge in [0.15, 0.2) is 0 Å². The molecule has 4 aromatic rings. The smallest absolute Gasteiger partial charge is 0.343 e. The lowest BCUT2D eigenvalue weighted by atomic mass is 10.2. The molecule has 0 atom stereocenters. The van der Waals surface area contributed by atoms with E-state index in [-0.39, 0.29) is 5.75 Å². The first-order chi connectivity index (χ1) is 17.5. The highest BCUT2D eigenvalue weighted by Gasteiger charge is 2.12. The summed E-state index contributed by atoms with van der Waals surface area (Å²) in [7, 11) is 0. The number of nitrogens with zero attached hydrogens (tertiary/aromatic N) is 1. The Morgan fingerprint density at radius 2 is 1.58 bits per heavy atom. The monoisotopic (exact) mass is 562 g/mol. The molecule has 6 nitrogen and oxygen atoms in total.